The zero-order valence-electron chi connectivity index (χ0n) is 13.4. The predicted molar refractivity (Wildman–Crippen MR) is 98.3 cm³/mol. The summed E-state index contributed by atoms with van der Waals surface area (Å²) in [4.78, 5) is 14.3. The predicted octanol–water partition coefficient (Wildman–Crippen LogP) is 3.87. The van der Waals surface area contributed by atoms with E-state index < -0.39 is 0 Å². The van der Waals surface area contributed by atoms with Gasteiger partial charge < -0.3 is 5.32 Å². The van der Waals surface area contributed by atoms with Gasteiger partial charge in [0.05, 0.1) is 5.69 Å². The standard InChI is InChI=1S/C19H18N2OS/c1-12-8-13(2)10-16(9-12)21-18(22)17(20-19(21)23)11-15-7-5-4-6-14(15)3/h4-11H,1-3H3,(H,20,23)/b17-11+. The van der Waals surface area contributed by atoms with E-state index in [-0.39, 0.29) is 5.91 Å². The van der Waals surface area contributed by atoms with Crippen LogP contribution in [0, 0.1) is 20.8 Å². The van der Waals surface area contributed by atoms with E-state index >= 15 is 0 Å². The SMILES string of the molecule is Cc1cc(C)cc(N2C(=O)/C(=C\c3ccccc3C)NC2=S)c1. The summed E-state index contributed by atoms with van der Waals surface area (Å²) in [6.07, 6.45) is 1.85. The van der Waals surface area contributed by atoms with Crippen molar-refractivity contribution in [3.05, 3.63) is 70.4 Å². The lowest BCUT2D eigenvalue weighted by Crippen LogP contribution is -2.30. The van der Waals surface area contributed by atoms with Crippen LogP contribution in [0.3, 0.4) is 0 Å². The number of amides is 1. The summed E-state index contributed by atoms with van der Waals surface area (Å²) < 4.78 is 0. The number of hydrogen-bond acceptors (Lipinski definition) is 2. The Hall–Kier alpha value is -2.46. The summed E-state index contributed by atoms with van der Waals surface area (Å²) in [6, 6.07) is 14.0. The second-order valence-corrected chi connectivity index (χ2v) is 6.22. The molecule has 0 aromatic heterocycles. The quantitative estimate of drug-likeness (QED) is 0.673. The third-order valence-electron chi connectivity index (χ3n) is 3.83. The normalized spacial score (nSPS) is 16.1. The minimum absolute atomic E-state index is 0.122. The maximum absolute atomic E-state index is 12.8. The molecule has 3 nitrogen and oxygen atoms in total. The lowest BCUT2D eigenvalue weighted by atomic mass is 10.1. The first-order valence-electron chi connectivity index (χ1n) is 7.47. The molecule has 0 bridgehead atoms. The van der Waals surface area contributed by atoms with Crippen LogP contribution in [-0.2, 0) is 4.79 Å². The molecule has 116 valence electrons. The van der Waals surface area contributed by atoms with Gasteiger partial charge in [-0.25, -0.2) is 0 Å². The highest BCUT2D eigenvalue weighted by Gasteiger charge is 2.32. The maximum Gasteiger partial charge on any atom is 0.281 e. The molecule has 2 aromatic carbocycles. The molecule has 1 amide bonds. The van der Waals surface area contributed by atoms with Crippen molar-refractivity contribution < 1.29 is 4.79 Å². The second-order valence-electron chi connectivity index (χ2n) is 5.83. The minimum Gasteiger partial charge on any atom is -0.327 e. The average molecular weight is 322 g/mol. The van der Waals surface area contributed by atoms with Crippen molar-refractivity contribution in [3.63, 3.8) is 0 Å². The molecule has 1 N–H and O–H groups in total. The van der Waals surface area contributed by atoms with Crippen LogP contribution in [0.1, 0.15) is 22.3 Å². The summed E-state index contributed by atoms with van der Waals surface area (Å²) in [6.45, 7) is 6.04. The van der Waals surface area contributed by atoms with E-state index in [2.05, 4.69) is 11.4 Å². The molecule has 1 fully saturated rings. The smallest absolute Gasteiger partial charge is 0.281 e. The van der Waals surface area contributed by atoms with E-state index in [1.807, 2.05) is 63.2 Å². The first-order chi connectivity index (χ1) is 11.0. The fraction of sp³-hybridized carbons (Fsp3) is 0.158. The molecule has 0 spiro atoms. The molecule has 0 unspecified atom stereocenters. The Balaban J connectivity index is 1.99. The minimum atomic E-state index is -0.122. The van der Waals surface area contributed by atoms with Gasteiger partial charge in [-0.1, -0.05) is 30.3 Å². The van der Waals surface area contributed by atoms with Gasteiger partial charge in [0.25, 0.3) is 5.91 Å². The van der Waals surface area contributed by atoms with E-state index in [1.165, 1.54) is 0 Å². The number of carbonyl (C=O) groups is 1. The molecule has 1 saturated heterocycles. The number of benzene rings is 2. The van der Waals surface area contributed by atoms with Crippen LogP contribution in [0.15, 0.2) is 48.2 Å². The number of nitrogens with one attached hydrogen (secondary N) is 1. The molecule has 0 atom stereocenters. The summed E-state index contributed by atoms with van der Waals surface area (Å²) >= 11 is 5.37. The zero-order chi connectivity index (χ0) is 16.6. The number of thiocarbonyl (C=S) groups is 1. The van der Waals surface area contributed by atoms with Gasteiger partial charge in [-0.2, -0.15) is 0 Å². The molecular formula is C19H18N2OS. The van der Waals surface area contributed by atoms with E-state index in [0.29, 0.717) is 10.8 Å². The highest BCUT2D eigenvalue weighted by Crippen LogP contribution is 2.25. The van der Waals surface area contributed by atoms with E-state index in [9.17, 15) is 4.79 Å². The first kappa shape index (κ1) is 15.4. The van der Waals surface area contributed by atoms with Crippen molar-refractivity contribution >= 4 is 35.0 Å². The molecule has 23 heavy (non-hydrogen) atoms. The second kappa shape index (κ2) is 5.97. The Kier molecular flexibility index (Phi) is 4.01. The molecule has 0 radical (unpaired) electrons. The highest BCUT2D eigenvalue weighted by atomic mass is 32.1. The van der Waals surface area contributed by atoms with Gasteiger partial charge in [-0.05, 0) is 73.5 Å². The third kappa shape index (κ3) is 3.03. The summed E-state index contributed by atoms with van der Waals surface area (Å²) in [5, 5.41) is 3.45. The van der Waals surface area contributed by atoms with Crippen molar-refractivity contribution in [3.8, 4) is 0 Å². The van der Waals surface area contributed by atoms with Crippen LogP contribution < -0.4 is 10.2 Å². The molecule has 1 heterocycles. The van der Waals surface area contributed by atoms with Crippen LogP contribution in [-0.4, -0.2) is 11.0 Å². The van der Waals surface area contributed by atoms with Gasteiger partial charge in [0.2, 0.25) is 0 Å². The van der Waals surface area contributed by atoms with E-state index in [0.717, 1.165) is 27.9 Å². The van der Waals surface area contributed by atoms with Crippen molar-refractivity contribution in [2.24, 2.45) is 0 Å². The topological polar surface area (TPSA) is 32.3 Å². The summed E-state index contributed by atoms with van der Waals surface area (Å²) in [5.74, 6) is -0.122. The van der Waals surface area contributed by atoms with Crippen LogP contribution >= 0.6 is 12.2 Å². The Labute approximate surface area is 141 Å². The number of carbonyl (C=O) groups excluding carboxylic acids is 1. The highest BCUT2D eigenvalue weighted by molar-refractivity contribution is 7.80. The van der Waals surface area contributed by atoms with Crippen molar-refractivity contribution in [1.82, 2.24) is 5.32 Å². The average Bonchev–Trinajstić information content (AvgIpc) is 2.75. The maximum atomic E-state index is 12.8. The number of nitrogens with zero attached hydrogens (tertiary/aromatic N) is 1. The zero-order valence-corrected chi connectivity index (χ0v) is 14.2. The van der Waals surface area contributed by atoms with Gasteiger partial charge >= 0.3 is 0 Å². The van der Waals surface area contributed by atoms with Gasteiger partial charge in [0.1, 0.15) is 5.70 Å². The van der Waals surface area contributed by atoms with Crippen LogP contribution in [0.2, 0.25) is 0 Å². The molecule has 2 aromatic rings. The van der Waals surface area contributed by atoms with E-state index in [1.54, 1.807) is 4.90 Å². The Bertz CT molecular complexity index is 819. The van der Waals surface area contributed by atoms with Crippen LogP contribution in [0.4, 0.5) is 5.69 Å². The molecule has 3 rings (SSSR count). The van der Waals surface area contributed by atoms with Crippen LogP contribution in [0.25, 0.3) is 6.08 Å². The molecule has 4 heteroatoms. The number of anilines is 1. The monoisotopic (exact) mass is 322 g/mol. The van der Waals surface area contributed by atoms with Gasteiger partial charge in [0.15, 0.2) is 5.11 Å². The number of rotatable bonds is 2. The van der Waals surface area contributed by atoms with Gasteiger partial charge in [-0.3, -0.25) is 9.69 Å². The fourth-order valence-electron chi connectivity index (χ4n) is 2.75. The summed E-state index contributed by atoms with van der Waals surface area (Å²) in [7, 11) is 0. The summed E-state index contributed by atoms with van der Waals surface area (Å²) in [5.41, 5.74) is 5.64. The lowest BCUT2D eigenvalue weighted by molar-refractivity contribution is -0.113. The van der Waals surface area contributed by atoms with Crippen molar-refractivity contribution in [2.45, 2.75) is 20.8 Å². The Morgan fingerprint density at radius 1 is 1.04 bits per heavy atom. The first-order valence-corrected chi connectivity index (χ1v) is 7.87. The lowest BCUT2D eigenvalue weighted by Gasteiger charge is -2.15. The fourth-order valence-corrected chi connectivity index (χ4v) is 3.05. The number of aryl methyl sites for hydroxylation is 3. The molecule has 0 aliphatic carbocycles. The van der Waals surface area contributed by atoms with Crippen LogP contribution in [0.5, 0.6) is 0 Å². The largest absolute Gasteiger partial charge is 0.327 e. The third-order valence-corrected chi connectivity index (χ3v) is 4.12. The molecule has 1 aliphatic heterocycles. The molecule has 1 aliphatic rings. The van der Waals surface area contributed by atoms with Gasteiger partial charge in [0, 0.05) is 0 Å². The van der Waals surface area contributed by atoms with Crippen molar-refractivity contribution in [2.75, 3.05) is 4.90 Å². The Morgan fingerprint density at radius 2 is 1.70 bits per heavy atom. The van der Waals surface area contributed by atoms with Crippen molar-refractivity contribution in [1.29, 1.82) is 0 Å². The van der Waals surface area contributed by atoms with E-state index in [4.69, 9.17) is 12.2 Å². The molecule has 0 saturated carbocycles. The number of hydrogen-bond donors (Lipinski definition) is 1. The van der Waals surface area contributed by atoms with Gasteiger partial charge in [-0.15, -0.1) is 0 Å². The molecular weight excluding hydrogens is 304 g/mol. The Morgan fingerprint density at radius 3 is 2.35 bits per heavy atom.